The molecule has 0 saturated heterocycles. The lowest BCUT2D eigenvalue weighted by atomic mass is 9.94. The number of carbonyl (C=O) groups is 1. The third-order valence-electron chi connectivity index (χ3n) is 2.05. The van der Waals surface area contributed by atoms with Gasteiger partial charge >= 0.3 is 5.97 Å². The summed E-state index contributed by atoms with van der Waals surface area (Å²) in [5, 5.41) is 8.91. The summed E-state index contributed by atoms with van der Waals surface area (Å²) in [6.07, 6.45) is 3.37. The Hall–Kier alpha value is -1.36. The lowest BCUT2D eigenvalue weighted by Gasteiger charge is -2.18. The number of imidazole rings is 1. The Labute approximate surface area is 82.6 Å². The molecular formula is C9H15N3O2. The normalized spacial score (nSPS) is 11.6. The van der Waals surface area contributed by atoms with Gasteiger partial charge in [-0.2, -0.15) is 0 Å². The highest BCUT2D eigenvalue weighted by Crippen LogP contribution is 2.18. The van der Waals surface area contributed by atoms with Gasteiger partial charge in [0.1, 0.15) is 0 Å². The molecule has 0 amide bonds. The summed E-state index contributed by atoms with van der Waals surface area (Å²) in [5.41, 5.74) is 5.38. The van der Waals surface area contributed by atoms with Crippen molar-refractivity contribution in [1.82, 2.24) is 9.55 Å². The van der Waals surface area contributed by atoms with Crippen LogP contribution < -0.4 is 5.73 Å². The Bertz CT molecular complexity index is 331. The SMILES string of the molecule is CC(C)(Cn1cnc(CN)c1)C(=O)O. The average molecular weight is 197 g/mol. The van der Waals surface area contributed by atoms with Crippen molar-refractivity contribution in [3.63, 3.8) is 0 Å². The Morgan fingerprint density at radius 3 is 2.79 bits per heavy atom. The predicted molar refractivity (Wildman–Crippen MR) is 51.5 cm³/mol. The van der Waals surface area contributed by atoms with Gasteiger partial charge in [0.15, 0.2) is 0 Å². The molecule has 0 saturated carbocycles. The third kappa shape index (κ3) is 2.32. The zero-order valence-corrected chi connectivity index (χ0v) is 8.40. The van der Waals surface area contributed by atoms with E-state index in [2.05, 4.69) is 4.98 Å². The molecule has 0 aliphatic heterocycles. The molecule has 1 aromatic heterocycles. The van der Waals surface area contributed by atoms with E-state index in [1.165, 1.54) is 0 Å². The molecule has 0 bridgehead atoms. The molecule has 0 atom stereocenters. The molecule has 5 nitrogen and oxygen atoms in total. The topological polar surface area (TPSA) is 81.1 Å². The number of nitrogens with two attached hydrogens (primary N) is 1. The van der Waals surface area contributed by atoms with Gasteiger partial charge in [0, 0.05) is 19.3 Å². The Morgan fingerprint density at radius 2 is 2.36 bits per heavy atom. The van der Waals surface area contributed by atoms with Gasteiger partial charge in [0.2, 0.25) is 0 Å². The van der Waals surface area contributed by atoms with E-state index in [1.54, 1.807) is 30.9 Å². The Morgan fingerprint density at radius 1 is 1.71 bits per heavy atom. The van der Waals surface area contributed by atoms with E-state index in [4.69, 9.17) is 10.8 Å². The largest absolute Gasteiger partial charge is 0.481 e. The first-order valence-electron chi connectivity index (χ1n) is 4.40. The van der Waals surface area contributed by atoms with Crippen LogP contribution in [0.15, 0.2) is 12.5 Å². The first-order chi connectivity index (χ1) is 6.45. The Balaban J connectivity index is 2.73. The van der Waals surface area contributed by atoms with Crippen LogP contribution >= 0.6 is 0 Å². The molecular weight excluding hydrogens is 182 g/mol. The van der Waals surface area contributed by atoms with Gasteiger partial charge in [-0.05, 0) is 13.8 Å². The van der Waals surface area contributed by atoms with Gasteiger partial charge in [-0.15, -0.1) is 0 Å². The fourth-order valence-electron chi connectivity index (χ4n) is 1.12. The highest BCUT2D eigenvalue weighted by molar-refractivity contribution is 5.73. The van der Waals surface area contributed by atoms with Crippen LogP contribution in [0.4, 0.5) is 0 Å². The molecule has 0 aromatic carbocycles. The summed E-state index contributed by atoms with van der Waals surface area (Å²) >= 11 is 0. The molecule has 0 fully saturated rings. The predicted octanol–water partition coefficient (Wildman–Crippen LogP) is 0.453. The molecule has 0 radical (unpaired) electrons. The van der Waals surface area contributed by atoms with E-state index in [-0.39, 0.29) is 0 Å². The van der Waals surface area contributed by atoms with Gasteiger partial charge < -0.3 is 15.4 Å². The van der Waals surface area contributed by atoms with E-state index < -0.39 is 11.4 Å². The van der Waals surface area contributed by atoms with Crippen molar-refractivity contribution in [2.75, 3.05) is 0 Å². The maximum absolute atomic E-state index is 10.8. The lowest BCUT2D eigenvalue weighted by Crippen LogP contribution is -2.28. The second-order valence-electron chi connectivity index (χ2n) is 3.93. The van der Waals surface area contributed by atoms with Gasteiger partial charge in [0.25, 0.3) is 0 Å². The molecule has 0 aliphatic carbocycles. The summed E-state index contributed by atoms with van der Waals surface area (Å²) in [5.74, 6) is -0.819. The van der Waals surface area contributed by atoms with Crippen LogP contribution in [0.5, 0.6) is 0 Å². The van der Waals surface area contributed by atoms with Crippen molar-refractivity contribution >= 4 is 5.97 Å². The van der Waals surface area contributed by atoms with Crippen molar-refractivity contribution in [2.24, 2.45) is 11.1 Å². The molecule has 0 unspecified atom stereocenters. The number of nitrogens with zero attached hydrogens (tertiary/aromatic N) is 2. The maximum Gasteiger partial charge on any atom is 0.310 e. The number of aliphatic carboxylic acids is 1. The zero-order valence-electron chi connectivity index (χ0n) is 8.40. The zero-order chi connectivity index (χ0) is 10.8. The van der Waals surface area contributed by atoms with Crippen molar-refractivity contribution in [3.8, 4) is 0 Å². The standard InChI is InChI=1S/C9H15N3O2/c1-9(2,8(13)14)5-12-4-7(3-10)11-6-12/h4,6H,3,5,10H2,1-2H3,(H,13,14). The van der Waals surface area contributed by atoms with E-state index >= 15 is 0 Å². The van der Waals surface area contributed by atoms with Crippen LogP contribution in [0.25, 0.3) is 0 Å². The van der Waals surface area contributed by atoms with Crippen molar-refractivity contribution in [3.05, 3.63) is 18.2 Å². The van der Waals surface area contributed by atoms with Gasteiger partial charge in [0.05, 0.1) is 17.4 Å². The quantitative estimate of drug-likeness (QED) is 0.734. The van der Waals surface area contributed by atoms with Crippen LogP contribution in [0.1, 0.15) is 19.5 Å². The average Bonchev–Trinajstić information content (AvgIpc) is 2.51. The van der Waals surface area contributed by atoms with E-state index in [9.17, 15) is 4.79 Å². The van der Waals surface area contributed by atoms with E-state index in [1.807, 2.05) is 0 Å². The molecule has 78 valence electrons. The molecule has 1 aromatic rings. The number of hydrogen-bond acceptors (Lipinski definition) is 3. The van der Waals surface area contributed by atoms with Gasteiger partial charge in [-0.3, -0.25) is 4.79 Å². The minimum atomic E-state index is -0.819. The molecule has 0 aliphatic rings. The fraction of sp³-hybridized carbons (Fsp3) is 0.556. The molecule has 0 spiro atoms. The summed E-state index contributed by atoms with van der Waals surface area (Å²) < 4.78 is 1.75. The number of hydrogen-bond donors (Lipinski definition) is 2. The minimum absolute atomic E-state index is 0.375. The highest BCUT2D eigenvalue weighted by Gasteiger charge is 2.27. The second-order valence-corrected chi connectivity index (χ2v) is 3.93. The number of carboxylic acids is 1. The summed E-state index contributed by atoms with van der Waals surface area (Å²) in [7, 11) is 0. The van der Waals surface area contributed by atoms with Crippen LogP contribution in [-0.2, 0) is 17.9 Å². The number of rotatable bonds is 4. The third-order valence-corrected chi connectivity index (χ3v) is 2.05. The number of aromatic nitrogens is 2. The van der Waals surface area contributed by atoms with Gasteiger partial charge in [-0.1, -0.05) is 0 Å². The summed E-state index contributed by atoms with van der Waals surface area (Å²) in [6.45, 7) is 4.13. The van der Waals surface area contributed by atoms with Crippen LogP contribution in [0.3, 0.4) is 0 Å². The minimum Gasteiger partial charge on any atom is -0.481 e. The maximum atomic E-state index is 10.8. The summed E-state index contributed by atoms with van der Waals surface area (Å²) in [6, 6.07) is 0. The van der Waals surface area contributed by atoms with E-state index in [0.29, 0.717) is 13.1 Å². The Kier molecular flexibility index (Phi) is 2.90. The molecule has 1 heterocycles. The van der Waals surface area contributed by atoms with Crippen molar-refractivity contribution in [1.29, 1.82) is 0 Å². The van der Waals surface area contributed by atoms with E-state index in [0.717, 1.165) is 5.69 Å². The fourth-order valence-corrected chi connectivity index (χ4v) is 1.12. The monoisotopic (exact) mass is 197 g/mol. The smallest absolute Gasteiger partial charge is 0.310 e. The highest BCUT2D eigenvalue weighted by atomic mass is 16.4. The molecule has 3 N–H and O–H groups in total. The van der Waals surface area contributed by atoms with Crippen molar-refractivity contribution < 1.29 is 9.90 Å². The lowest BCUT2D eigenvalue weighted by molar-refractivity contribution is -0.147. The molecule has 5 heteroatoms. The van der Waals surface area contributed by atoms with Crippen LogP contribution in [-0.4, -0.2) is 20.6 Å². The van der Waals surface area contributed by atoms with Crippen LogP contribution in [0, 0.1) is 5.41 Å². The molecule has 1 rings (SSSR count). The molecule has 14 heavy (non-hydrogen) atoms. The number of carboxylic acid groups (broad SMARTS) is 1. The first-order valence-corrected chi connectivity index (χ1v) is 4.40. The van der Waals surface area contributed by atoms with Gasteiger partial charge in [-0.25, -0.2) is 4.98 Å². The van der Waals surface area contributed by atoms with Crippen LogP contribution in [0.2, 0.25) is 0 Å². The second kappa shape index (κ2) is 3.79. The summed E-state index contributed by atoms with van der Waals surface area (Å²) in [4.78, 5) is 14.9. The first kappa shape index (κ1) is 10.7. The van der Waals surface area contributed by atoms with Crippen molar-refractivity contribution in [2.45, 2.75) is 26.9 Å².